The van der Waals surface area contributed by atoms with E-state index in [0.717, 1.165) is 35.6 Å². The van der Waals surface area contributed by atoms with Crippen molar-refractivity contribution in [3.8, 4) is 0 Å². The largest absolute Gasteiger partial charge is 0.372 e. The summed E-state index contributed by atoms with van der Waals surface area (Å²) in [5.74, 6) is 0. The summed E-state index contributed by atoms with van der Waals surface area (Å²) in [7, 11) is 0. The first-order valence-corrected chi connectivity index (χ1v) is 13.4. The molecule has 1 aliphatic carbocycles. The third-order valence-corrected chi connectivity index (χ3v) is 7.17. The number of fused-ring (bicyclic) bond motifs is 1. The second-order valence-electron chi connectivity index (χ2n) is 9.55. The van der Waals surface area contributed by atoms with Crippen molar-refractivity contribution in [2.45, 2.75) is 20.8 Å². The van der Waals surface area contributed by atoms with Crippen LogP contribution in [-0.4, -0.2) is 18.8 Å². The highest BCUT2D eigenvalue weighted by molar-refractivity contribution is 6.19. The fraction of sp³-hybridized carbons (Fsp3) is 0.139. The van der Waals surface area contributed by atoms with Gasteiger partial charge in [-0.1, -0.05) is 97.1 Å². The summed E-state index contributed by atoms with van der Waals surface area (Å²) in [5, 5.41) is 0. The maximum Gasteiger partial charge on any atom is 0.0715 e. The average Bonchev–Trinajstić information content (AvgIpc) is 2.97. The minimum Gasteiger partial charge on any atom is -0.372 e. The molecule has 2 heteroatoms. The van der Waals surface area contributed by atoms with Crippen LogP contribution < -0.4 is 4.90 Å². The molecule has 188 valence electrons. The Kier molecular flexibility index (Phi) is 7.51. The number of hydrogen-bond donors (Lipinski definition) is 0. The van der Waals surface area contributed by atoms with E-state index in [0.29, 0.717) is 0 Å². The van der Waals surface area contributed by atoms with Gasteiger partial charge >= 0.3 is 0 Å². The van der Waals surface area contributed by atoms with Gasteiger partial charge in [0.1, 0.15) is 0 Å². The van der Waals surface area contributed by atoms with Gasteiger partial charge in [0.15, 0.2) is 0 Å². The molecule has 0 radical (unpaired) electrons. The number of benzene rings is 4. The minimum atomic E-state index is 0.934. The molecular weight excluding hydrogens is 460 g/mol. The molecule has 0 amide bonds. The zero-order valence-corrected chi connectivity index (χ0v) is 22.5. The molecule has 4 aromatic rings. The van der Waals surface area contributed by atoms with Gasteiger partial charge in [-0.05, 0) is 84.5 Å². The van der Waals surface area contributed by atoms with E-state index < -0.39 is 0 Å². The van der Waals surface area contributed by atoms with Gasteiger partial charge in [-0.3, -0.25) is 0 Å². The number of aliphatic imine (C=N–C) groups is 1. The summed E-state index contributed by atoms with van der Waals surface area (Å²) in [6.07, 6.45) is 6.23. The Labute approximate surface area is 227 Å². The molecule has 0 aliphatic heterocycles. The highest BCUT2D eigenvalue weighted by atomic mass is 15.1. The van der Waals surface area contributed by atoms with Gasteiger partial charge in [0.25, 0.3) is 0 Å². The van der Waals surface area contributed by atoms with E-state index in [9.17, 15) is 0 Å². The highest BCUT2D eigenvalue weighted by Gasteiger charge is 2.20. The van der Waals surface area contributed by atoms with E-state index in [2.05, 4.69) is 117 Å². The van der Waals surface area contributed by atoms with Crippen LogP contribution in [0.4, 0.5) is 11.4 Å². The van der Waals surface area contributed by atoms with Crippen molar-refractivity contribution in [2.75, 3.05) is 18.0 Å². The molecule has 0 fully saturated rings. The number of hydrogen-bond acceptors (Lipinski definition) is 2. The zero-order valence-electron chi connectivity index (χ0n) is 22.5. The quantitative estimate of drug-likeness (QED) is 0.250. The normalized spacial score (nSPS) is 14.8. The van der Waals surface area contributed by atoms with Gasteiger partial charge in [-0.2, -0.15) is 0 Å². The number of nitrogens with zero attached hydrogens (tertiary/aromatic N) is 2. The third-order valence-electron chi connectivity index (χ3n) is 7.17. The van der Waals surface area contributed by atoms with Gasteiger partial charge in [0.2, 0.25) is 0 Å². The first-order chi connectivity index (χ1) is 18.6. The first-order valence-electron chi connectivity index (χ1n) is 13.4. The van der Waals surface area contributed by atoms with Crippen LogP contribution in [0.15, 0.2) is 121 Å². The minimum absolute atomic E-state index is 0.934. The van der Waals surface area contributed by atoms with Crippen molar-refractivity contribution in [1.82, 2.24) is 0 Å². The Balaban J connectivity index is 1.67. The van der Waals surface area contributed by atoms with Gasteiger partial charge < -0.3 is 4.90 Å². The molecule has 0 bridgehead atoms. The molecule has 0 saturated carbocycles. The van der Waals surface area contributed by atoms with E-state index in [4.69, 9.17) is 4.99 Å². The second kappa shape index (κ2) is 11.3. The molecule has 1 aliphatic rings. The highest BCUT2D eigenvalue weighted by Crippen LogP contribution is 2.38. The molecular formula is C36H34N2. The summed E-state index contributed by atoms with van der Waals surface area (Å²) in [5.41, 5.74) is 12.7. The zero-order chi connectivity index (χ0) is 26.5. The molecule has 4 aromatic carbocycles. The van der Waals surface area contributed by atoms with E-state index in [1.807, 2.05) is 30.3 Å². The van der Waals surface area contributed by atoms with E-state index in [1.165, 1.54) is 39.1 Å². The topological polar surface area (TPSA) is 15.6 Å². The molecule has 0 atom stereocenters. The predicted molar refractivity (Wildman–Crippen MR) is 165 cm³/mol. The van der Waals surface area contributed by atoms with Crippen LogP contribution in [0.3, 0.4) is 0 Å². The van der Waals surface area contributed by atoms with E-state index >= 15 is 0 Å². The summed E-state index contributed by atoms with van der Waals surface area (Å²) in [4.78, 5) is 7.38. The molecule has 2 nitrogen and oxygen atoms in total. The predicted octanol–water partition coefficient (Wildman–Crippen LogP) is 9.13. The van der Waals surface area contributed by atoms with Crippen molar-refractivity contribution in [1.29, 1.82) is 0 Å². The molecule has 0 N–H and O–H groups in total. The van der Waals surface area contributed by atoms with Crippen molar-refractivity contribution in [3.63, 3.8) is 0 Å². The maximum absolute atomic E-state index is 5.00. The van der Waals surface area contributed by atoms with Gasteiger partial charge in [-0.15, -0.1) is 0 Å². The average molecular weight is 495 g/mol. The summed E-state index contributed by atoms with van der Waals surface area (Å²) in [6, 6.07) is 34.6. The molecule has 5 rings (SSSR count). The van der Waals surface area contributed by atoms with Gasteiger partial charge in [-0.25, -0.2) is 4.99 Å². The van der Waals surface area contributed by atoms with Crippen LogP contribution in [0.2, 0.25) is 0 Å². The lowest BCUT2D eigenvalue weighted by molar-refractivity contribution is 0.866. The van der Waals surface area contributed by atoms with Crippen LogP contribution in [-0.2, 0) is 0 Å². The Hall–Kier alpha value is -4.43. The van der Waals surface area contributed by atoms with E-state index in [-0.39, 0.29) is 0 Å². The number of allylic oxidation sites excluding steroid dienone is 3. The van der Waals surface area contributed by atoms with Crippen molar-refractivity contribution in [3.05, 3.63) is 149 Å². The van der Waals surface area contributed by atoms with Crippen LogP contribution >= 0.6 is 0 Å². The standard InChI is InChI=1S/C36H34N2/c1-5-27-14-20-30(21-15-27)37-35-25-24-34(32-10-8-9-11-33(32)35)36(28-16-12-26(4)13-17-28)29-18-22-31(23-19-29)38(6-2)7-3/h5,8-25H,1,6-7H2,2-4H3. The molecule has 0 saturated heterocycles. The number of rotatable bonds is 7. The SMILES string of the molecule is C=Cc1ccc(N=C2C=CC(=C(c3ccc(C)cc3)c3ccc(N(CC)CC)cc3)c3ccccc32)cc1. The van der Waals surface area contributed by atoms with Crippen molar-refractivity contribution >= 4 is 34.3 Å². The fourth-order valence-corrected chi connectivity index (χ4v) is 5.05. The Morgan fingerprint density at radius 2 is 1.34 bits per heavy atom. The van der Waals surface area contributed by atoms with Gasteiger partial charge in [0, 0.05) is 24.3 Å². The Morgan fingerprint density at radius 1 is 0.737 bits per heavy atom. The second-order valence-corrected chi connectivity index (χ2v) is 9.55. The first kappa shape index (κ1) is 25.2. The van der Waals surface area contributed by atoms with Crippen molar-refractivity contribution < 1.29 is 0 Å². The lowest BCUT2D eigenvalue weighted by atomic mass is 9.83. The fourth-order valence-electron chi connectivity index (χ4n) is 5.05. The van der Waals surface area contributed by atoms with E-state index in [1.54, 1.807) is 0 Å². The monoisotopic (exact) mass is 494 g/mol. The number of anilines is 1. The maximum atomic E-state index is 5.00. The van der Waals surface area contributed by atoms with Crippen molar-refractivity contribution in [2.24, 2.45) is 4.99 Å². The molecule has 38 heavy (non-hydrogen) atoms. The van der Waals surface area contributed by atoms with Gasteiger partial charge in [0.05, 0.1) is 11.4 Å². The molecule has 0 unspecified atom stereocenters. The van der Waals surface area contributed by atoms with Crippen LogP contribution in [0, 0.1) is 6.92 Å². The lowest BCUT2D eigenvalue weighted by Gasteiger charge is -2.23. The number of aryl methyl sites for hydroxylation is 1. The smallest absolute Gasteiger partial charge is 0.0715 e. The molecule has 0 heterocycles. The molecule has 0 aromatic heterocycles. The summed E-state index contributed by atoms with van der Waals surface area (Å²) in [6.45, 7) is 12.4. The van der Waals surface area contributed by atoms with Crippen LogP contribution in [0.25, 0.3) is 17.2 Å². The summed E-state index contributed by atoms with van der Waals surface area (Å²) >= 11 is 0. The Morgan fingerprint density at radius 3 is 1.95 bits per heavy atom. The third kappa shape index (κ3) is 5.17. The lowest BCUT2D eigenvalue weighted by Crippen LogP contribution is -2.21. The summed E-state index contributed by atoms with van der Waals surface area (Å²) < 4.78 is 0. The molecule has 0 spiro atoms. The van der Waals surface area contributed by atoms with Crippen LogP contribution in [0.5, 0.6) is 0 Å². The Bertz CT molecular complexity index is 1510. The van der Waals surface area contributed by atoms with Crippen LogP contribution in [0.1, 0.15) is 47.2 Å².